The largest absolute Gasteiger partial charge is 0.460 e. The molecule has 0 bridgehead atoms. The first-order valence-electron chi connectivity index (χ1n) is 8.47. The van der Waals surface area contributed by atoms with E-state index in [0.717, 1.165) is 19.3 Å². The Kier molecular flexibility index (Phi) is 7.94. The van der Waals surface area contributed by atoms with Crippen molar-refractivity contribution in [1.82, 2.24) is 0 Å². The first kappa shape index (κ1) is 20.4. The van der Waals surface area contributed by atoms with E-state index in [1.165, 1.54) is 0 Å². The molecule has 136 valence electrons. The Bertz CT molecular complexity index is 365. The van der Waals surface area contributed by atoms with Crippen molar-refractivity contribution in [3.63, 3.8) is 0 Å². The summed E-state index contributed by atoms with van der Waals surface area (Å²) >= 11 is 0. The van der Waals surface area contributed by atoms with E-state index in [4.69, 9.17) is 14.2 Å². The number of carbonyl (C=O) groups excluding carboxylic acids is 1. The molecule has 23 heavy (non-hydrogen) atoms. The number of unbranched alkanes of at least 4 members (excludes halogenated alkanes) is 1. The molecule has 0 aromatic rings. The monoisotopic (exact) mass is 332 g/mol. The highest BCUT2D eigenvalue weighted by atomic mass is 16.7. The zero-order valence-electron chi connectivity index (χ0n) is 14.9. The summed E-state index contributed by atoms with van der Waals surface area (Å²) in [5, 5.41) is 19.5. The minimum atomic E-state index is -0.814. The van der Waals surface area contributed by atoms with E-state index in [1.807, 2.05) is 27.7 Å². The molecule has 0 spiro atoms. The molecule has 3 unspecified atom stereocenters. The molecule has 6 heteroatoms. The van der Waals surface area contributed by atoms with Crippen molar-refractivity contribution in [3.05, 3.63) is 0 Å². The van der Waals surface area contributed by atoms with Crippen molar-refractivity contribution in [1.29, 1.82) is 0 Å². The second kappa shape index (κ2) is 8.97. The van der Waals surface area contributed by atoms with Crippen molar-refractivity contribution in [2.75, 3.05) is 0 Å². The van der Waals surface area contributed by atoms with Crippen molar-refractivity contribution in [2.45, 2.75) is 103 Å². The number of carbonyl (C=O) groups is 1. The predicted molar refractivity (Wildman–Crippen MR) is 85.8 cm³/mol. The summed E-state index contributed by atoms with van der Waals surface area (Å²) in [5.41, 5.74) is -0.441. The highest BCUT2D eigenvalue weighted by Crippen LogP contribution is 2.23. The summed E-state index contributed by atoms with van der Waals surface area (Å²) in [5.74, 6) is -0.181. The lowest BCUT2D eigenvalue weighted by Crippen LogP contribution is -2.48. The maximum atomic E-state index is 11.6. The van der Waals surface area contributed by atoms with Crippen LogP contribution in [0.3, 0.4) is 0 Å². The molecule has 5 atom stereocenters. The third-order valence-electron chi connectivity index (χ3n) is 3.72. The van der Waals surface area contributed by atoms with Crippen LogP contribution in [0.4, 0.5) is 0 Å². The number of hydrogen-bond donors (Lipinski definition) is 2. The van der Waals surface area contributed by atoms with Gasteiger partial charge in [-0.1, -0.05) is 6.42 Å². The van der Waals surface area contributed by atoms with Crippen LogP contribution in [0.15, 0.2) is 0 Å². The SMILES string of the molecule is CC1OC(O[C@H](C)CCCCC(=O)OC(C)(C)C)C(O)C[C@H]1O. The Morgan fingerprint density at radius 1 is 1.26 bits per heavy atom. The number of hydrogen-bond acceptors (Lipinski definition) is 6. The number of esters is 1. The summed E-state index contributed by atoms with van der Waals surface area (Å²) in [6, 6.07) is 0. The lowest BCUT2D eigenvalue weighted by atomic mass is 10.0. The lowest BCUT2D eigenvalue weighted by molar-refractivity contribution is -0.273. The Hall–Kier alpha value is -0.690. The second-order valence-corrected chi connectivity index (χ2v) is 7.36. The topological polar surface area (TPSA) is 85.2 Å². The lowest BCUT2D eigenvalue weighted by Gasteiger charge is -2.36. The van der Waals surface area contributed by atoms with Gasteiger partial charge in [-0.2, -0.15) is 0 Å². The van der Waals surface area contributed by atoms with Crippen LogP contribution in [0.2, 0.25) is 0 Å². The second-order valence-electron chi connectivity index (χ2n) is 7.36. The average Bonchev–Trinajstić information content (AvgIpc) is 2.39. The Labute approximate surface area is 139 Å². The molecule has 1 aliphatic rings. The molecular weight excluding hydrogens is 300 g/mol. The van der Waals surface area contributed by atoms with E-state index in [1.54, 1.807) is 6.92 Å². The van der Waals surface area contributed by atoms with Crippen LogP contribution in [0.1, 0.15) is 66.7 Å². The molecule has 6 nitrogen and oxygen atoms in total. The first-order chi connectivity index (χ1) is 10.6. The molecule has 0 saturated carbocycles. The zero-order chi connectivity index (χ0) is 17.6. The van der Waals surface area contributed by atoms with Crippen LogP contribution >= 0.6 is 0 Å². The van der Waals surface area contributed by atoms with Crippen LogP contribution in [0.25, 0.3) is 0 Å². The first-order valence-corrected chi connectivity index (χ1v) is 8.47. The molecule has 0 radical (unpaired) electrons. The molecule has 1 rings (SSSR count). The van der Waals surface area contributed by atoms with Gasteiger partial charge in [-0.05, 0) is 47.5 Å². The zero-order valence-corrected chi connectivity index (χ0v) is 14.9. The van der Waals surface area contributed by atoms with Gasteiger partial charge in [0.25, 0.3) is 0 Å². The fourth-order valence-electron chi connectivity index (χ4n) is 2.46. The molecule has 1 heterocycles. The molecule has 1 saturated heterocycles. The van der Waals surface area contributed by atoms with Gasteiger partial charge in [0.05, 0.1) is 18.3 Å². The van der Waals surface area contributed by atoms with E-state index in [0.29, 0.717) is 6.42 Å². The summed E-state index contributed by atoms with van der Waals surface area (Å²) < 4.78 is 16.5. The highest BCUT2D eigenvalue weighted by molar-refractivity contribution is 5.69. The van der Waals surface area contributed by atoms with Crippen molar-refractivity contribution >= 4 is 5.97 Å². The van der Waals surface area contributed by atoms with Gasteiger partial charge in [0.2, 0.25) is 0 Å². The van der Waals surface area contributed by atoms with E-state index >= 15 is 0 Å². The summed E-state index contributed by atoms with van der Waals surface area (Å²) in [6.45, 7) is 9.24. The Morgan fingerprint density at radius 3 is 2.52 bits per heavy atom. The van der Waals surface area contributed by atoms with Gasteiger partial charge < -0.3 is 24.4 Å². The van der Waals surface area contributed by atoms with Gasteiger partial charge >= 0.3 is 5.97 Å². The highest BCUT2D eigenvalue weighted by Gasteiger charge is 2.35. The van der Waals surface area contributed by atoms with Crippen LogP contribution in [-0.4, -0.2) is 52.5 Å². The van der Waals surface area contributed by atoms with Crippen LogP contribution < -0.4 is 0 Å². The third kappa shape index (κ3) is 8.11. The molecule has 0 aliphatic carbocycles. The molecule has 0 amide bonds. The minimum Gasteiger partial charge on any atom is -0.460 e. The molecule has 0 aromatic carbocycles. The number of aliphatic hydroxyl groups excluding tert-OH is 2. The normalized spacial score (nSPS) is 30.0. The maximum absolute atomic E-state index is 11.6. The number of ether oxygens (including phenoxy) is 3. The van der Waals surface area contributed by atoms with Crippen LogP contribution in [-0.2, 0) is 19.0 Å². The minimum absolute atomic E-state index is 0.0873. The smallest absolute Gasteiger partial charge is 0.306 e. The fourth-order valence-corrected chi connectivity index (χ4v) is 2.46. The van der Waals surface area contributed by atoms with E-state index in [9.17, 15) is 15.0 Å². The summed E-state index contributed by atoms with van der Waals surface area (Å²) in [4.78, 5) is 11.6. The van der Waals surface area contributed by atoms with Crippen molar-refractivity contribution in [3.8, 4) is 0 Å². The van der Waals surface area contributed by atoms with Gasteiger partial charge in [-0.3, -0.25) is 4.79 Å². The van der Waals surface area contributed by atoms with E-state index in [-0.39, 0.29) is 24.6 Å². The van der Waals surface area contributed by atoms with Gasteiger partial charge in [0, 0.05) is 12.8 Å². The third-order valence-corrected chi connectivity index (χ3v) is 3.72. The standard InChI is InChI=1S/C17H32O6/c1-11(8-6-7-9-15(20)23-17(3,4)5)21-16-14(19)10-13(18)12(2)22-16/h11-14,16,18-19H,6-10H2,1-5H3/t11-,12?,13-,14?,16?/m1/s1. The van der Waals surface area contributed by atoms with Crippen LogP contribution in [0, 0.1) is 0 Å². The van der Waals surface area contributed by atoms with Crippen molar-refractivity contribution < 1.29 is 29.2 Å². The maximum Gasteiger partial charge on any atom is 0.306 e. The molecule has 0 aromatic heterocycles. The predicted octanol–water partition coefficient (Wildman–Crippen LogP) is 2.15. The van der Waals surface area contributed by atoms with Gasteiger partial charge in [0.15, 0.2) is 6.29 Å². The molecule has 1 fully saturated rings. The van der Waals surface area contributed by atoms with Gasteiger partial charge in [-0.15, -0.1) is 0 Å². The number of aliphatic hydroxyl groups is 2. The van der Waals surface area contributed by atoms with E-state index < -0.39 is 24.1 Å². The Balaban J connectivity index is 2.19. The molecule has 2 N–H and O–H groups in total. The summed E-state index contributed by atoms with van der Waals surface area (Å²) in [7, 11) is 0. The quantitative estimate of drug-likeness (QED) is 0.549. The molecule has 1 aliphatic heterocycles. The summed E-state index contributed by atoms with van der Waals surface area (Å²) in [6.07, 6.45) is 0.402. The van der Waals surface area contributed by atoms with Gasteiger partial charge in [0.1, 0.15) is 11.7 Å². The number of rotatable bonds is 7. The van der Waals surface area contributed by atoms with E-state index in [2.05, 4.69) is 0 Å². The fraction of sp³-hybridized carbons (Fsp3) is 0.941. The average molecular weight is 332 g/mol. The van der Waals surface area contributed by atoms with Crippen molar-refractivity contribution in [2.24, 2.45) is 0 Å². The Morgan fingerprint density at radius 2 is 1.91 bits per heavy atom. The molecular formula is C17H32O6. The van der Waals surface area contributed by atoms with Crippen LogP contribution in [0.5, 0.6) is 0 Å². The van der Waals surface area contributed by atoms with Gasteiger partial charge in [-0.25, -0.2) is 0 Å².